The zero-order valence-electron chi connectivity index (χ0n) is 11.4. The lowest BCUT2D eigenvalue weighted by Crippen LogP contribution is -2.27. The average molecular weight is 310 g/mol. The molecule has 1 saturated carbocycles. The number of nitrogens with one attached hydrogen (secondary N) is 1. The van der Waals surface area contributed by atoms with Crippen molar-refractivity contribution in [1.29, 1.82) is 0 Å². The Morgan fingerprint density at radius 3 is 2.85 bits per heavy atom. The average Bonchev–Trinajstić information content (AvgIpc) is 2.92. The topological polar surface area (TPSA) is 70.9 Å². The van der Waals surface area contributed by atoms with Gasteiger partial charge < -0.3 is 10.4 Å². The fourth-order valence-corrected chi connectivity index (χ4v) is 4.07. The molecule has 0 saturated heterocycles. The monoisotopic (exact) mass is 310 g/mol. The van der Waals surface area contributed by atoms with Crippen molar-refractivity contribution in [1.82, 2.24) is 15.0 Å². The third kappa shape index (κ3) is 2.89. The van der Waals surface area contributed by atoms with E-state index in [4.69, 9.17) is 0 Å². The van der Waals surface area contributed by atoms with Crippen molar-refractivity contribution in [3.8, 4) is 0 Å². The van der Waals surface area contributed by atoms with Crippen molar-refractivity contribution in [3.05, 3.63) is 6.33 Å². The van der Waals surface area contributed by atoms with Crippen LogP contribution in [0, 0.1) is 5.92 Å². The third-order valence-electron chi connectivity index (χ3n) is 3.79. The molecular formula is C13H18N4OS2. The first-order valence-electron chi connectivity index (χ1n) is 6.83. The minimum atomic E-state index is 0.316. The summed E-state index contributed by atoms with van der Waals surface area (Å²) in [6.07, 6.45) is 7.94. The van der Waals surface area contributed by atoms with Crippen LogP contribution in [0.15, 0.2) is 10.7 Å². The van der Waals surface area contributed by atoms with Gasteiger partial charge in [0, 0.05) is 12.6 Å². The van der Waals surface area contributed by atoms with E-state index in [0.717, 1.165) is 46.2 Å². The minimum absolute atomic E-state index is 0.316. The molecule has 2 N–H and O–H groups in total. The van der Waals surface area contributed by atoms with Crippen LogP contribution in [-0.4, -0.2) is 39.0 Å². The molecule has 2 aromatic rings. The fraction of sp³-hybridized carbons (Fsp3) is 0.615. The third-order valence-corrected chi connectivity index (χ3v) is 5.83. The van der Waals surface area contributed by atoms with Crippen LogP contribution < -0.4 is 5.32 Å². The second kappa shape index (κ2) is 6.24. The number of nitrogens with zero attached hydrogens (tertiary/aromatic N) is 3. The molecule has 0 unspecified atom stereocenters. The van der Waals surface area contributed by atoms with E-state index in [9.17, 15) is 5.11 Å². The minimum Gasteiger partial charge on any atom is -0.396 e. The number of thiazole rings is 1. The van der Waals surface area contributed by atoms with E-state index < -0.39 is 0 Å². The number of fused-ring (bicyclic) bond motifs is 1. The van der Waals surface area contributed by atoms with Gasteiger partial charge in [-0.2, -0.15) is 0 Å². The zero-order valence-corrected chi connectivity index (χ0v) is 13.0. The quantitative estimate of drug-likeness (QED) is 0.846. The highest BCUT2D eigenvalue weighted by Gasteiger charge is 2.21. The summed E-state index contributed by atoms with van der Waals surface area (Å²) in [7, 11) is 0. The number of anilines is 1. The van der Waals surface area contributed by atoms with Crippen LogP contribution in [-0.2, 0) is 0 Å². The van der Waals surface area contributed by atoms with Crippen molar-refractivity contribution in [2.45, 2.75) is 36.1 Å². The molecule has 0 bridgehead atoms. The highest BCUT2D eigenvalue weighted by molar-refractivity contribution is 8.00. The van der Waals surface area contributed by atoms with Crippen molar-refractivity contribution in [2.24, 2.45) is 5.92 Å². The summed E-state index contributed by atoms with van der Waals surface area (Å²) in [5.41, 5.74) is 0.779. The number of aliphatic hydroxyl groups excluding tert-OH is 1. The lowest BCUT2D eigenvalue weighted by atomic mass is 9.86. The van der Waals surface area contributed by atoms with Crippen LogP contribution in [0.1, 0.15) is 25.7 Å². The predicted molar refractivity (Wildman–Crippen MR) is 83.4 cm³/mol. The Balaban J connectivity index is 1.76. The van der Waals surface area contributed by atoms with Crippen LogP contribution in [0.2, 0.25) is 0 Å². The van der Waals surface area contributed by atoms with Crippen LogP contribution >= 0.6 is 23.1 Å². The number of hydrogen-bond donors (Lipinski definition) is 2. The predicted octanol–water partition coefficient (Wildman–Crippen LogP) is 2.77. The molecule has 5 nitrogen and oxygen atoms in total. The zero-order chi connectivity index (χ0) is 13.9. The van der Waals surface area contributed by atoms with E-state index in [2.05, 4.69) is 20.3 Å². The highest BCUT2D eigenvalue weighted by Crippen LogP contribution is 2.33. The lowest BCUT2D eigenvalue weighted by Gasteiger charge is -2.28. The molecule has 0 aromatic carbocycles. The summed E-state index contributed by atoms with van der Waals surface area (Å²) in [5.74, 6) is 1.38. The van der Waals surface area contributed by atoms with Crippen molar-refractivity contribution in [3.63, 3.8) is 0 Å². The van der Waals surface area contributed by atoms with E-state index in [1.807, 2.05) is 6.26 Å². The van der Waals surface area contributed by atoms with E-state index >= 15 is 0 Å². The van der Waals surface area contributed by atoms with Crippen molar-refractivity contribution in [2.75, 3.05) is 18.2 Å². The number of aromatic nitrogens is 3. The summed E-state index contributed by atoms with van der Waals surface area (Å²) in [5, 5.41) is 12.7. The molecule has 0 atom stereocenters. The maximum Gasteiger partial charge on any atom is 0.176 e. The van der Waals surface area contributed by atoms with Crippen LogP contribution in [0.5, 0.6) is 0 Å². The van der Waals surface area contributed by atoms with Crippen molar-refractivity contribution >= 4 is 39.3 Å². The van der Waals surface area contributed by atoms with Crippen LogP contribution in [0.4, 0.5) is 5.82 Å². The Labute approximate surface area is 126 Å². The Morgan fingerprint density at radius 2 is 2.15 bits per heavy atom. The molecule has 2 heterocycles. The maximum absolute atomic E-state index is 9.19. The number of hydrogen-bond acceptors (Lipinski definition) is 7. The SMILES string of the molecule is CSc1nc2ncnc(NC3CCC(CO)CC3)c2s1. The molecular weight excluding hydrogens is 292 g/mol. The van der Waals surface area contributed by atoms with Gasteiger partial charge in [-0.15, -0.1) is 11.3 Å². The Hall–Kier alpha value is -0.920. The van der Waals surface area contributed by atoms with Gasteiger partial charge in [0.1, 0.15) is 16.8 Å². The molecule has 2 aromatic heterocycles. The van der Waals surface area contributed by atoms with Gasteiger partial charge in [-0.3, -0.25) is 0 Å². The molecule has 0 radical (unpaired) electrons. The molecule has 108 valence electrons. The van der Waals surface area contributed by atoms with Gasteiger partial charge in [0.15, 0.2) is 9.99 Å². The Bertz CT molecular complexity index is 581. The maximum atomic E-state index is 9.19. The van der Waals surface area contributed by atoms with Gasteiger partial charge in [-0.05, 0) is 37.9 Å². The summed E-state index contributed by atoms with van der Waals surface area (Å²) in [4.78, 5) is 13.1. The number of aliphatic hydroxyl groups is 1. The van der Waals surface area contributed by atoms with E-state index in [1.165, 1.54) is 0 Å². The van der Waals surface area contributed by atoms with Gasteiger partial charge in [-0.1, -0.05) is 11.8 Å². The number of thioether (sulfide) groups is 1. The highest BCUT2D eigenvalue weighted by atomic mass is 32.2. The van der Waals surface area contributed by atoms with Gasteiger partial charge >= 0.3 is 0 Å². The summed E-state index contributed by atoms with van der Waals surface area (Å²) in [6.45, 7) is 0.316. The van der Waals surface area contributed by atoms with Gasteiger partial charge in [0.2, 0.25) is 0 Å². The summed E-state index contributed by atoms with van der Waals surface area (Å²) >= 11 is 3.28. The van der Waals surface area contributed by atoms with E-state index in [-0.39, 0.29) is 0 Å². The molecule has 1 aliphatic carbocycles. The molecule has 0 aliphatic heterocycles. The van der Waals surface area contributed by atoms with Gasteiger partial charge in [0.05, 0.1) is 0 Å². The number of rotatable bonds is 4. The molecule has 20 heavy (non-hydrogen) atoms. The molecule has 0 amide bonds. The summed E-state index contributed by atoms with van der Waals surface area (Å²) < 4.78 is 2.06. The smallest absolute Gasteiger partial charge is 0.176 e. The first kappa shape index (κ1) is 14.0. The van der Waals surface area contributed by atoms with Crippen LogP contribution in [0.3, 0.4) is 0 Å². The summed E-state index contributed by atoms with van der Waals surface area (Å²) in [6, 6.07) is 0.440. The molecule has 1 aliphatic rings. The van der Waals surface area contributed by atoms with E-state index in [1.54, 1.807) is 29.4 Å². The second-order valence-electron chi connectivity index (χ2n) is 5.10. The Kier molecular flexibility index (Phi) is 4.38. The molecule has 3 rings (SSSR count). The first-order valence-corrected chi connectivity index (χ1v) is 8.87. The first-order chi connectivity index (χ1) is 9.80. The van der Waals surface area contributed by atoms with Gasteiger partial charge in [0.25, 0.3) is 0 Å². The van der Waals surface area contributed by atoms with Gasteiger partial charge in [-0.25, -0.2) is 15.0 Å². The van der Waals surface area contributed by atoms with Crippen LogP contribution in [0.25, 0.3) is 10.3 Å². The van der Waals surface area contributed by atoms with Crippen molar-refractivity contribution < 1.29 is 5.11 Å². The molecule has 1 fully saturated rings. The Morgan fingerprint density at radius 1 is 1.35 bits per heavy atom. The molecule has 0 spiro atoms. The fourth-order valence-electron chi connectivity index (χ4n) is 2.61. The molecule has 7 heteroatoms. The van der Waals surface area contributed by atoms with E-state index in [0.29, 0.717) is 18.6 Å². The standard InChI is InChI=1S/C13H18N4OS2/c1-19-13-17-12-10(20-13)11(14-7-15-12)16-9-4-2-8(6-18)3-5-9/h7-9,18H,2-6H2,1H3,(H,14,15,16). The largest absolute Gasteiger partial charge is 0.396 e. The normalized spacial score (nSPS) is 23.1. The lowest BCUT2D eigenvalue weighted by molar-refractivity contribution is 0.186. The second-order valence-corrected chi connectivity index (χ2v) is 7.16.